The molecule has 2 rings (SSSR count). The Labute approximate surface area is 123 Å². The lowest BCUT2D eigenvalue weighted by molar-refractivity contribution is 0.249. The van der Waals surface area contributed by atoms with E-state index in [1.165, 1.54) is 0 Å². The Balaban J connectivity index is 1.94. The van der Waals surface area contributed by atoms with Crippen molar-refractivity contribution in [1.82, 2.24) is 5.32 Å². The average Bonchev–Trinajstić information content (AvgIpc) is 2.48. The summed E-state index contributed by atoms with van der Waals surface area (Å²) in [5, 5.41) is 14.3. The molecular formula is C16H16N4O. The largest absolute Gasteiger partial charge is 0.399 e. The Hall–Kier alpha value is -3.00. The molecule has 0 radical (unpaired) electrons. The van der Waals surface area contributed by atoms with Crippen LogP contribution in [0.1, 0.15) is 24.1 Å². The first-order valence-electron chi connectivity index (χ1n) is 6.51. The van der Waals surface area contributed by atoms with Gasteiger partial charge in [0, 0.05) is 11.4 Å². The van der Waals surface area contributed by atoms with Crippen LogP contribution < -0.4 is 16.4 Å². The fraction of sp³-hybridized carbons (Fsp3) is 0.125. The molecule has 0 saturated heterocycles. The van der Waals surface area contributed by atoms with Crippen LogP contribution in [0, 0.1) is 11.3 Å². The lowest BCUT2D eigenvalue weighted by Gasteiger charge is -2.15. The van der Waals surface area contributed by atoms with Crippen molar-refractivity contribution in [2.45, 2.75) is 13.0 Å². The number of nitrogens with one attached hydrogen (secondary N) is 2. The topological polar surface area (TPSA) is 90.9 Å². The highest BCUT2D eigenvalue weighted by Gasteiger charge is 2.09. The zero-order chi connectivity index (χ0) is 15.2. The molecule has 1 unspecified atom stereocenters. The second-order valence-corrected chi connectivity index (χ2v) is 4.68. The van der Waals surface area contributed by atoms with E-state index in [1.54, 1.807) is 36.4 Å². The molecule has 0 bridgehead atoms. The maximum Gasteiger partial charge on any atom is 0.319 e. The van der Waals surface area contributed by atoms with Crippen molar-refractivity contribution in [3.63, 3.8) is 0 Å². The van der Waals surface area contributed by atoms with Crippen molar-refractivity contribution in [3.05, 3.63) is 59.7 Å². The number of hydrogen-bond acceptors (Lipinski definition) is 3. The summed E-state index contributed by atoms with van der Waals surface area (Å²) in [6.45, 7) is 1.89. The van der Waals surface area contributed by atoms with Crippen LogP contribution in [-0.4, -0.2) is 6.03 Å². The van der Waals surface area contributed by atoms with Gasteiger partial charge in [-0.1, -0.05) is 12.1 Å². The number of nitrogens with zero attached hydrogens (tertiary/aromatic N) is 1. The quantitative estimate of drug-likeness (QED) is 0.755. The van der Waals surface area contributed by atoms with Crippen molar-refractivity contribution in [3.8, 4) is 6.07 Å². The minimum absolute atomic E-state index is 0.135. The first-order chi connectivity index (χ1) is 10.1. The number of nitrogen functional groups attached to an aromatic ring is 1. The molecule has 5 heteroatoms. The van der Waals surface area contributed by atoms with E-state index in [4.69, 9.17) is 11.0 Å². The van der Waals surface area contributed by atoms with E-state index in [1.807, 2.05) is 25.1 Å². The lowest BCUT2D eigenvalue weighted by Crippen LogP contribution is -2.31. The lowest BCUT2D eigenvalue weighted by atomic mass is 10.1. The summed E-state index contributed by atoms with van der Waals surface area (Å²) in [4.78, 5) is 11.9. The molecule has 0 aliphatic carbocycles. The van der Waals surface area contributed by atoms with Gasteiger partial charge in [0.05, 0.1) is 17.7 Å². The van der Waals surface area contributed by atoms with Crippen LogP contribution >= 0.6 is 0 Å². The first kappa shape index (κ1) is 14.4. The molecule has 0 heterocycles. The van der Waals surface area contributed by atoms with Crippen LogP contribution in [0.3, 0.4) is 0 Å². The van der Waals surface area contributed by atoms with Gasteiger partial charge < -0.3 is 16.4 Å². The third-order valence-electron chi connectivity index (χ3n) is 3.06. The van der Waals surface area contributed by atoms with Crippen molar-refractivity contribution < 1.29 is 4.79 Å². The molecule has 0 spiro atoms. The Morgan fingerprint density at radius 3 is 2.33 bits per heavy atom. The van der Waals surface area contributed by atoms with Gasteiger partial charge >= 0.3 is 6.03 Å². The zero-order valence-electron chi connectivity index (χ0n) is 11.6. The number of hydrogen-bond donors (Lipinski definition) is 3. The Morgan fingerprint density at radius 2 is 1.76 bits per heavy atom. The Bertz CT molecular complexity index is 656. The first-order valence-corrected chi connectivity index (χ1v) is 6.51. The molecule has 0 fully saturated rings. The number of nitrogens with two attached hydrogens (primary N) is 1. The maximum absolute atomic E-state index is 11.9. The highest BCUT2D eigenvalue weighted by atomic mass is 16.2. The fourth-order valence-electron chi connectivity index (χ4n) is 1.86. The summed E-state index contributed by atoms with van der Waals surface area (Å²) >= 11 is 0. The smallest absolute Gasteiger partial charge is 0.319 e. The van der Waals surface area contributed by atoms with Crippen molar-refractivity contribution >= 4 is 17.4 Å². The molecule has 21 heavy (non-hydrogen) atoms. The number of carbonyl (C=O) groups is 1. The number of amides is 2. The molecule has 4 N–H and O–H groups in total. The van der Waals surface area contributed by atoms with Crippen molar-refractivity contribution in [2.75, 3.05) is 11.1 Å². The van der Waals surface area contributed by atoms with Gasteiger partial charge in [0.25, 0.3) is 0 Å². The van der Waals surface area contributed by atoms with E-state index in [2.05, 4.69) is 10.6 Å². The zero-order valence-corrected chi connectivity index (χ0v) is 11.6. The van der Waals surface area contributed by atoms with Crippen LogP contribution in [0.4, 0.5) is 16.2 Å². The second kappa shape index (κ2) is 6.44. The summed E-state index contributed by atoms with van der Waals surface area (Å²) in [5.74, 6) is 0. The molecule has 0 saturated carbocycles. The van der Waals surface area contributed by atoms with Crippen molar-refractivity contribution in [1.29, 1.82) is 5.26 Å². The van der Waals surface area contributed by atoms with E-state index in [9.17, 15) is 4.79 Å². The standard InChI is InChI=1S/C16H16N4O/c1-11(13-4-6-14(18)7-5-13)19-16(21)20-15-8-2-12(10-17)3-9-15/h2-9,11H,18H2,1H3,(H2,19,20,21). The second-order valence-electron chi connectivity index (χ2n) is 4.68. The van der Waals surface area contributed by atoms with Crippen LogP contribution in [-0.2, 0) is 0 Å². The van der Waals surface area contributed by atoms with E-state index < -0.39 is 0 Å². The van der Waals surface area contributed by atoms with Gasteiger partial charge in [-0.15, -0.1) is 0 Å². The Morgan fingerprint density at radius 1 is 1.14 bits per heavy atom. The summed E-state index contributed by atoms with van der Waals surface area (Å²) < 4.78 is 0. The minimum Gasteiger partial charge on any atom is -0.399 e. The van der Waals surface area contributed by atoms with Gasteiger partial charge in [0.15, 0.2) is 0 Å². The molecule has 0 aliphatic heterocycles. The summed E-state index contributed by atoms with van der Waals surface area (Å²) in [7, 11) is 0. The highest BCUT2D eigenvalue weighted by molar-refractivity contribution is 5.89. The van der Waals surface area contributed by atoms with Crippen LogP contribution in [0.15, 0.2) is 48.5 Å². The van der Waals surface area contributed by atoms with Gasteiger partial charge in [-0.3, -0.25) is 0 Å². The van der Waals surface area contributed by atoms with Crippen LogP contribution in [0.5, 0.6) is 0 Å². The predicted molar refractivity (Wildman–Crippen MR) is 82.6 cm³/mol. The number of anilines is 2. The van der Waals surface area contributed by atoms with E-state index in [-0.39, 0.29) is 12.1 Å². The number of carbonyl (C=O) groups excluding carboxylic acids is 1. The van der Waals surface area contributed by atoms with Gasteiger partial charge in [-0.2, -0.15) is 5.26 Å². The Kier molecular flexibility index (Phi) is 4.42. The number of urea groups is 1. The SMILES string of the molecule is CC(NC(=O)Nc1ccc(C#N)cc1)c1ccc(N)cc1. The monoisotopic (exact) mass is 280 g/mol. The number of rotatable bonds is 3. The van der Waals surface area contributed by atoms with Crippen LogP contribution in [0.25, 0.3) is 0 Å². The van der Waals surface area contributed by atoms with E-state index >= 15 is 0 Å². The normalized spacial score (nSPS) is 11.2. The van der Waals surface area contributed by atoms with E-state index in [0.717, 1.165) is 5.56 Å². The van der Waals surface area contributed by atoms with Gasteiger partial charge in [-0.25, -0.2) is 4.79 Å². The van der Waals surface area contributed by atoms with Crippen molar-refractivity contribution in [2.24, 2.45) is 0 Å². The van der Waals surface area contributed by atoms with Crippen LogP contribution in [0.2, 0.25) is 0 Å². The molecule has 2 amide bonds. The maximum atomic E-state index is 11.9. The number of benzene rings is 2. The van der Waals surface area contributed by atoms with Gasteiger partial charge in [-0.05, 0) is 48.9 Å². The minimum atomic E-state index is -0.302. The number of nitriles is 1. The highest BCUT2D eigenvalue weighted by Crippen LogP contribution is 2.15. The fourth-order valence-corrected chi connectivity index (χ4v) is 1.86. The predicted octanol–water partition coefficient (Wildman–Crippen LogP) is 3.02. The third kappa shape index (κ3) is 3.98. The summed E-state index contributed by atoms with van der Waals surface area (Å²) in [6, 6.07) is 15.6. The third-order valence-corrected chi connectivity index (χ3v) is 3.06. The molecular weight excluding hydrogens is 264 g/mol. The van der Waals surface area contributed by atoms with E-state index in [0.29, 0.717) is 16.9 Å². The average molecular weight is 280 g/mol. The molecule has 106 valence electrons. The molecule has 2 aromatic rings. The molecule has 0 aliphatic rings. The summed E-state index contributed by atoms with van der Waals surface area (Å²) in [6.07, 6.45) is 0. The molecule has 0 aromatic heterocycles. The van der Waals surface area contributed by atoms with Gasteiger partial charge in [0.2, 0.25) is 0 Å². The molecule has 2 aromatic carbocycles. The summed E-state index contributed by atoms with van der Waals surface area (Å²) in [5.41, 5.74) is 8.48. The molecule has 1 atom stereocenters. The van der Waals surface area contributed by atoms with Gasteiger partial charge in [0.1, 0.15) is 0 Å². The molecule has 5 nitrogen and oxygen atoms in total.